The van der Waals surface area contributed by atoms with Crippen LogP contribution >= 0.6 is 11.8 Å². The van der Waals surface area contributed by atoms with Crippen LogP contribution in [-0.4, -0.2) is 46.1 Å². The molecule has 0 fully saturated rings. The lowest BCUT2D eigenvalue weighted by molar-refractivity contribution is -0.133. The number of hydrogen-bond donors (Lipinski definition) is 3. The van der Waals surface area contributed by atoms with E-state index in [0.29, 0.717) is 27.8 Å². The first-order chi connectivity index (χ1) is 14.8. The lowest BCUT2D eigenvalue weighted by Crippen LogP contribution is -2.33. The predicted molar refractivity (Wildman–Crippen MR) is 123 cm³/mol. The molecule has 0 saturated carbocycles. The van der Waals surface area contributed by atoms with Gasteiger partial charge < -0.3 is 20.2 Å². The maximum Gasteiger partial charge on any atom is 0.313 e. The van der Waals surface area contributed by atoms with Crippen molar-refractivity contribution in [1.82, 2.24) is 0 Å². The Hall–Kier alpha value is -3.03. The second-order valence-electron chi connectivity index (χ2n) is 7.32. The Balaban J connectivity index is 2.13. The first-order valence-electron chi connectivity index (χ1n) is 9.92. The Morgan fingerprint density at radius 2 is 1.74 bits per heavy atom. The van der Waals surface area contributed by atoms with Gasteiger partial charge >= 0.3 is 5.97 Å². The molecule has 31 heavy (non-hydrogen) atoms. The highest BCUT2D eigenvalue weighted by Gasteiger charge is 2.24. The smallest absolute Gasteiger partial charge is 0.313 e. The number of anilines is 1. The van der Waals surface area contributed by atoms with Gasteiger partial charge in [0.2, 0.25) is 0 Å². The number of carboxylic acids is 1. The van der Waals surface area contributed by atoms with E-state index in [2.05, 4.69) is 0 Å². The third-order valence-electron chi connectivity index (χ3n) is 4.99. The summed E-state index contributed by atoms with van der Waals surface area (Å²) < 4.78 is 0. The van der Waals surface area contributed by atoms with Gasteiger partial charge in [0.1, 0.15) is 5.75 Å². The summed E-state index contributed by atoms with van der Waals surface area (Å²) in [6.45, 7) is 4.09. The molecule has 0 saturated heterocycles. The van der Waals surface area contributed by atoms with E-state index in [4.69, 9.17) is 5.11 Å². The molecule has 6 nitrogen and oxygen atoms in total. The van der Waals surface area contributed by atoms with Gasteiger partial charge in [0.15, 0.2) is 0 Å². The fourth-order valence-electron chi connectivity index (χ4n) is 3.56. The molecule has 3 N–H and O–H groups in total. The molecule has 0 aliphatic heterocycles. The van der Waals surface area contributed by atoms with Crippen LogP contribution in [0.4, 0.5) is 5.69 Å². The number of rotatable bonds is 8. The molecule has 0 aliphatic carbocycles. The maximum absolute atomic E-state index is 13.6. The van der Waals surface area contributed by atoms with E-state index in [9.17, 15) is 19.8 Å². The zero-order chi connectivity index (χ0) is 22.5. The Bertz CT molecular complexity index is 1130. The zero-order valence-corrected chi connectivity index (χ0v) is 18.3. The largest absolute Gasteiger partial charge is 0.506 e. The van der Waals surface area contributed by atoms with Crippen LogP contribution in [0.3, 0.4) is 0 Å². The zero-order valence-electron chi connectivity index (χ0n) is 17.5. The lowest BCUT2D eigenvalue weighted by atomic mass is 10.0. The number of aliphatic carboxylic acids is 1. The topological polar surface area (TPSA) is 98.1 Å². The summed E-state index contributed by atoms with van der Waals surface area (Å²) in [7, 11) is 0. The number of aliphatic hydroxyl groups excluding tert-OH is 1. The quantitative estimate of drug-likeness (QED) is 0.451. The van der Waals surface area contributed by atoms with Crippen LogP contribution in [0.25, 0.3) is 10.8 Å². The molecular weight excluding hydrogens is 414 g/mol. The fraction of sp³-hybridized carbons (Fsp3) is 0.250. The van der Waals surface area contributed by atoms with Crippen LogP contribution in [-0.2, 0) is 4.79 Å². The summed E-state index contributed by atoms with van der Waals surface area (Å²) in [5.74, 6) is -1.66. The first kappa shape index (κ1) is 22.7. The highest BCUT2D eigenvalue weighted by Crippen LogP contribution is 2.38. The van der Waals surface area contributed by atoms with Crippen molar-refractivity contribution in [3.8, 4) is 5.75 Å². The number of carbonyl (C=O) groups is 2. The normalized spacial score (nSPS) is 10.9. The molecule has 0 atom stereocenters. The molecular formula is C24H25NO5S. The monoisotopic (exact) mass is 439 g/mol. The second kappa shape index (κ2) is 9.85. The number of benzene rings is 3. The third kappa shape index (κ3) is 5.00. The van der Waals surface area contributed by atoms with Crippen LogP contribution < -0.4 is 4.90 Å². The van der Waals surface area contributed by atoms with Gasteiger partial charge in [-0.2, -0.15) is 0 Å². The number of fused-ring (bicyclic) bond motifs is 1. The number of carboxylic acid groups (broad SMARTS) is 1. The number of carbonyl (C=O) groups excluding carboxylic acids is 1. The fourth-order valence-corrected chi connectivity index (χ4v) is 4.38. The van der Waals surface area contributed by atoms with Crippen LogP contribution in [0, 0.1) is 13.8 Å². The molecule has 0 radical (unpaired) electrons. The highest BCUT2D eigenvalue weighted by molar-refractivity contribution is 8.00. The summed E-state index contributed by atoms with van der Waals surface area (Å²) >= 11 is 1.11. The number of phenols is 1. The van der Waals surface area contributed by atoms with Crippen LogP contribution in [0.2, 0.25) is 0 Å². The lowest BCUT2D eigenvalue weighted by Gasteiger charge is -2.26. The second-order valence-corrected chi connectivity index (χ2v) is 8.34. The average Bonchev–Trinajstić information content (AvgIpc) is 2.74. The van der Waals surface area contributed by atoms with Crippen LogP contribution in [0.1, 0.15) is 27.9 Å². The van der Waals surface area contributed by atoms with E-state index in [1.54, 1.807) is 35.2 Å². The number of thioether (sulfide) groups is 1. The Labute approximate surface area is 185 Å². The van der Waals surface area contributed by atoms with Crippen LogP contribution in [0.5, 0.6) is 5.75 Å². The maximum atomic E-state index is 13.6. The van der Waals surface area contributed by atoms with Crippen LogP contribution in [0.15, 0.2) is 53.4 Å². The number of aryl methyl sites for hydroxylation is 2. The number of nitrogens with zero attached hydrogens (tertiary/aromatic N) is 1. The van der Waals surface area contributed by atoms with E-state index < -0.39 is 11.9 Å². The first-order valence-corrected chi connectivity index (χ1v) is 10.9. The SMILES string of the molecule is Cc1ccc(N(CCCO)C(=O)c2cc(SCC(=O)O)c3ccccc3c2O)c(C)c1. The number of phenolic OH excluding ortho intramolecular Hbond substituents is 1. The molecule has 3 aromatic rings. The van der Waals surface area contributed by atoms with E-state index in [1.807, 2.05) is 32.0 Å². The molecule has 162 valence electrons. The highest BCUT2D eigenvalue weighted by atomic mass is 32.2. The Morgan fingerprint density at radius 3 is 2.39 bits per heavy atom. The molecule has 3 rings (SSSR count). The van der Waals surface area contributed by atoms with Crippen molar-refractivity contribution in [2.45, 2.75) is 25.2 Å². The molecule has 0 aromatic heterocycles. The Kier molecular flexibility index (Phi) is 7.20. The summed E-state index contributed by atoms with van der Waals surface area (Å²) in [5, 5.41) is 30.6. The Morgan fingerprint density at radius 1 is 1.03 bits per heavy atom. The van der Waals surface area contributed by atoms with Crippen molar-refractivity contribution in [3.63, 3.8) is 0 Å². The summed E-state index contributed by atoms with van der Waals surface area (Å²) in [5.41, 5.74) is 2.78. The molecule has 0 aliphatic rings. The number of aromatic hydroxyl groups is 1. The van der Waals surface area contributed by atoms with Crippen molar-refractivity contribution in [3.05, 3.63) is 65.2 Å². The standard InChI is InChI=1S/C24H25NO5S/c1-15-8-9-20(16(2)12-15)25(10-5-11-26)24(30)19-13-21(31-14-22(27)28)17-6-3-4-7-18(17)23(19)29/h3-4,6-9,12-13,26,29H,5,10-11,14H2,1-2H3,(H,27,28). The van der Waals surface area contributed by atoms with E-state index in [-0.39, 0.29) is 30.2 Å². The molecule has 0 bridgehead atoms. The third-order valence-corrected chi connectivity index (χ3v) is 6.03. The van der Waals surface area contributed by atoms with Gasteiger partial charge in [-0.05, 0) is 43.4 Å². The van der Waals surface area contributed by atoms with Gasteiger partial charge in [0, 0.05) is 29.1 Å². The van der Waals surface area contributed by atoms with E-state index in [1.165, 1.54) is 0 Å². The molecule has 3 aromatic carbocycles. The molecule has 7 heteroatoms. The minimum atomic E-state index is -0.963. The minimum absolute atomic E-state index is 0.0713. The molecule has 0 heterocycles. The predicted octanol–water partition coefficient (Wildman–Crippen LogP) is 4.37. The van der Waals surface area contributed by atoms with Crippen molar-refractivity contribution in [1.29, 1.82) is 0 Å². The summed E-state index contributed by atoms with van der Waals surface area (Å²) in [6, 6.07) is 14.4. The van der Waals surface area contributed by atoms with Gasteiger partial charge in [0.25, 0.3) is 5.91 Å². The number of amides is 1. The van der Waals surface area contributed by atoms with Crippen molar-refractivity contribution in [2.75, 3.05) is 23.8 Å². The molecule has 0 spiro atoms. The number of aliphatic hydroxyl groups is 1. The number of hydrogen-bond acceptors (Lipinski definition) is 5. The van der Waals surface area contributed by atoms with E-state index >= 15 is 0 Å². The molecule has 0 unspecified atom stereocenters. The summed E-state index contributed by atoms with van der Waals surface area (Å²) in [6.07, 6.45) is 0.383. The minimum Gasteiger partial charge on any atom is -0.506 e. The van der Waals surface area contributed by atoms with E-state index in [0.717, 1.165) is 22.9 Å². The molecule has 1 amide bonds. The average molecular weight is 440 g/mol. The summed E-state index contributed by atoms with van der Waals surface area (Å²) in [4.78, 5) is 26.9. The van der Waals surface area contributed by atoms with Crippen molar-refractivity contribution >= 4 is 40.1 Å². The van der Waals surface area contributed by atoms with Crippen molar-refractivity contribution in [2.24, 2.45) is 0 Å². The van der Waals surface area contributed by atoms with Gasteiger partial charge in [0.05, 0.1) is 11.3 Å². The van der Waals surface area contributed by atoms with Gasteiger partial charge in [-0.25, -0.2) is 0 Å². The van der Waals surface area contributed by atoms with Gasteiger partial charge in [-0.3, -0.25) is 9.59 Å². The van der Waals surface area contributed by atoms with Gasteiger partial charge in [-0.15, -0.1) is 11.8 Å². The van der Waals surface area contributed by atoms with Gasteiger partial charge in [-0.1, -0.05) is 42.0 Å². The van der Waals surface area contributed by atoms with Crippen molar-refractivity contribution < 1.29 is 24.9 Å².